The lowest BCUT2D eigenvalue weighted by Gasteiger charge is -2.03. The molecule has 0 aliphatic carbocycles. The van der Waals surface area contributed by atoms with Crippen molar-refractivity contribution in [3.8, 4) is 0 Å². The average Bonchev–Trinajstić information content (AvgIpc) is 2.82. The number of nitrogen functional groups attached to an aromatic ring is 1. The van der Waals surface area contributed by atoms with E-state index in [9.17, 15) is 9.59 Å². The lowest BCUT2D eigenvalue weighted by molar-refractivity contribution is 0.0957. The minimum absolute atomic E-state index is 0.180. The quantitative estimate of drug-likeness (QED) is 0.257. The van der Waals surface area contributed by atoms with Gasteiger partial charge in [0.05, 0.1) is 4.88 Å². The second kappa shape index (κ2) is 6.00. The average molecular weight is 296 g/mol. The summed E-state index contributed by atoms with van der Waals surface area (Å²) < 4.78 is 0. The van der Waals surface area contributed by atoms with Gasteiger partial charge in [-0.2, -0.15) is 0 Å². The first-order valence-corrected chi connectivity index (χ1v) is 7.24. The molecule has 2 aromatic heterocycles. The smallest absolute Gasteiger partial charge is 0.275 e. The monoisotopic (exact) mass is 296 g/mol. The number of hydrogen-bond acceptors (Lipinski definition) is 6. The van der Waals surface area contributed by atoms with Gasteiger partial charge in [-0.25, -0.2) is 10.8 Å². The number of thioether (sulfide) groups is 1. The van der Waals surface area contributed by atoms with E-state index in [0.29, 0.717) is 21.5 Å². The van der Waals surface area contributed by atoms with Crippen LogP contribution < -0.4 is 16.8 Å². The summed E-state index contributed by atoms with van der Waals surface area (Å²) in [6, 6.07) is 3.29. The molecule has 2 aromatic rings. The molecule has 8 heteroatoms. The summed E-state index contributed by atoms with van der Waals surface area (Å²) in [7, 11) is 0. The van der Waals surface area contributed by atoms with Crippen molar-refractivity contribution in [1.82, 2.24) is 15.4 Å². The van der Waals surface area contributed by atoms with E-state index in [-0.39, 0.29) is 11.5 Å². The third-order valence-corrected chi connectivity index (χ3v) is 4.17. The molecular weight excluding hydrogens is 284 g/mol. The van der Waals surface area contributed by atoms with Crippen molar-refractivity contribution in [3.05, 3.63) is 44.0 Å². The summed E-state index contributed by atoms with van der Waals surface area (Å²) >= 11 is 2.69. The summed E-state index contributed by atoms with van der Waals surface area (Å²) in [4.78, 5) is 30.2. The van der Waals surface area contributed by atoms with Crippen molar-refractivity contribution in [1.29, 1.82) is 0 Å². The summed E-state index contributed by atoms with van der Waals surface area (Å²) in [5.41, 5.74) is 3.46. The Hall–Kier alpha value is -1.64. The number of rotatable bonds is 4. The molecule has 0 aliphatic rings. The van der Waals surface area contributed by atoms with E-state index in [1.807, 2.05) is 11.4 Å². The van der Waals surface area contributed by atoms with Crippen LogP contribution in [0.3, 0.4) is 0 Å². The molecule has 19 heavy (non-hydrogen) atoms. The van der Waals surface area contributed by atoms with Gasteiger partial charge in [0.15, 0.2) is 5.16 Å². The molecule has 0 radical (unpaired) electrons. The van der Waals surface area contributed by atoms with Crippen LogP contribution in [-0.4, -0.2) is 15.9 Å². The number of amides is 1. The standard InChI is InChI=1S/C11H12N4O2S2/c1-6-4-8(16)14-11(13-6)19-5-7-2-3-18-9(7)10(17)15-12/h2-4H,5,12H2,1H3,(H,15,17)(H,13,14,16). The van der Waals surface area contributed by atoms with Gasteiger partial charge in [0.2, 0.25) is 0 Å². The molecule has 0 atom stereocenters. The Morgan fingerprint density at radius 3 is 3.11 bits per heavy atom. The lowest BCUT2D eigenvalue weighted by Crippen LogP contribution is -2.29. The molecule has 2 heterocycles. The normalized spacial score (nSPS) is 10.4. The zero-order valence-electron chi connectivity index (χ0n) is 10.1. The van der Waals surface area contributed by atoms with Crippen molar-refractivity contribution >= 4 is 29.0 Å². The zero-order chi connectivity index (χ0) is 13.8. The minimum Gasteiger partial charge on any atom is -0.301 e. The predicted octanol–water partition coefficient (Wildman–Crippen LogP) is 1.04. The summed E-state index contributed by atoms with van der Waals surface area (Å²) in [5.74, 6) is 5.35. The number of thiophene rings is 1. The van der Waals surface area contributed by atoms with Crippen molar-refractivity contribution in [3.63, 3.8) is 0 Å². The number of carbonyl (C=O) groups excluding carboxylic acids is 1. The Balaban J connectivity index is 2.12. The molecule has 2 rings (SSSR count). The van der Waals surface area contributed by atoms with Gasteiger partial charge in [0, 0.05) is 17.5 Å². The number of hydrogen-bond donors (Lipinski definition) is 3. The molecule has 6 nitrogen and oxygen atoms in total. The van der Waals surface area contributed by atoms with E-state index in [1.165, 1.54) is 29.2 Å². The highest BCUT2D eigenvalue weighted by atomic mass is 32.2. The van der Waals surface area contributed by atoms with Crippen LogP contribution in [0.4, 0.5) is 0 Å². The Bertz CT molecular complexity index is 650. The van der Waals surface area contributed by atoms with E-state index < -0.39 is 0 Å². The largest absolute Gasteiger partial charge is 0.301 e. The van der Waals surface area contributed by atoms with Crippen LogP contribution >= 0.6 is 23.1 Å². The van der Waals surface area contributed by atoms with E-state index >= 15 is 0 Å². The van der Waals surface area contributed by atoms with Crippen molar-refractivity contribution in [2.24, 2.45) is 5.84 Å². The van der Waals surface area contributed by atoms with Crippen LogP contribution in [0.2, 0.25) is 0 Å². The van der Waals surface area contributed by atoms with E-state index in [1.54, 1.807) is 6.92 Å². The van der Waals surface area contributed by atoms with Gasteiger partial charge in [-0.3, -0.25) is 15.0 Å². The van der Waals surface area contributed by atoms with Gasteiger partial charge in [-0.1, -0.05) is 11.8 Å². The number of aromatic nitrogens is 2. The first-order valence-electron chi connectivity index (χ1n) is 5.38. The maximum atomic E-state index is 11.5. The van der Waals surface area contributed by atoms with Gasteiger partial charge in [0.1, 0.15) is 0 Å². The topological polar surface area (TPSA) is 101 Å². The zero-order valence-corrected chi connectivity index (χ0v) is 11.7. The van der Waals surface area contributed by atoms with Gasteiger partial charge in [-0.05, 0) is 23.9 Å². The van der Waals surface area contributed by atoms with Crippen LogP contribution in [0, 0.1) is 6.92 Å². The van der Waals surface area contributed by atoms with Crippen molar-refractivity contribution in [2.45, 2.75) is 17.8 Å². The number of nitrogens with one attached hydrogen (secondary N) is 2. The lowest BCUT2D eigenvalue weighted by atomic mass is 10.3. The van der Waals surface area contributed by atoms with Gasteiger partial charge in [-0.15, -0.1) is 11.3 Å². The van der Waals surface area contributed by atoms with E-state index in [0.717, 1.165) is 5.56 Å². The fourth-order valence-corrected chi connectivity index (χ4v) is 3.31. The number of aromatic amines is 1. The maximum Gasteiger partial charge on any atom is 0.275 e. The van der Waals surface area contributed by atoms with Crippen LogP contribution in [-0.2, 0) is 5.75 Å². The van der Waals surface area contributed by atoms with Gasteiger partial charge in [0.25, 0.3) is 11.5 Å². The number of H-pyrrole nitrogens is 1. The first kappa shape index (κ1) is 13.8. The Labute approximate surface area is 117 Å². The third-order valence-electron chi connectivity index (χ3n) is 2.30. The third kappa shape index (κ3) is 3.43. The van der Waals surface area contributed by atoms with Crippen molar-refractivity contribution in [2.75, 3.05) is 0 Å². The number of aryl methyl sites for hydroxylation is 1. The number of hydrazine groups is 1. The van der Waals surface area contributed by atoms with Gasteiger partial charge >= 0.3 is 0 Å². The Morgan fingerprint density at radius 2 is 2.42 bits per heavy atom. The molecule has 100 valence electrons. The SMILES string of the molecule is Cc1cc(=O)[nH]c(SCc2ccsc2C(=O)NN)n1. The molecule has 0 bridgehead atoms. The number of carbonyl (C=O) groups is 1. The summed E-state index contributed by atoms with van der Waals surface area (Å²) in [6.07, 6.45) is 0. The van der Waals surface area contributed by atoms with E-state index in [4.69, 9.17) is 5.84 Å². The second-order valence-corrected chi connectivity index (χ2v) is 5.61. The molecular formula is C11H12N4O2S2. The molecule has 0 unspecified atom stereocenters. The highest BCUT2D eigenvalue weighted by Gasteiger charge is 2.12. The van der Waals surface area contributed by atoms with Gasteiger partial charge < -0.3 is 4.98 Å². The first-order chi connectivity index (χ1) is 9.10. The Kier molecular flexibility index (Phi) is 4.35. The van der Waals surface area contributed by atoms with Crippen LogP contribution in [0.15, 0.2) is 27.5 Å². The fraction of sp³-hybridized carbons (Fsp3) is 0.182. The van der Waals surface area contributed by atoms with E-state index in [2.05, 4.69) is 15.4 Å². The maximum absolute atomic E-state index is 11.5. The summed E-state index contributed by atoms with van der Waals surface area (Å²) in [5, 5.41) is 2.36. The van der Waals surface area contributed by atoms with Crippen LogP contribution in [0.1, 0.15) is 20.9 Å². The summed E-state index contributed by atoms with van der Waals surface area (Å²) in [6.45, 7) is 1.76. The molecule has 4 N–H and O–H groups in total. The molecule has 0 fully saturated rings. The fourth-order valence-electron chi connectivity index (χ4n) is 1.48. The highest BCUT2D eigenvalue weighted by molar-refractivity contribution is 7.98. The highest BCUT2D eigenvalue weighted by Crippen LogP contribution is 2.24. The molecule has 0 saturated heterocycles. The molecule has 0 spiro atoms. The van der Waals surface area contributed by atoms with Crippen LogP contribution in [0.25, 0.3) is 0 Å². The number of nitrogens with zero attached hydrogens (tertiary/aromatic N) is 1. The number of nitrogens with two attached hydrogens (primary N) is 1. The minimum atomic E-state index is -0.309. The predicted molar refractivity (Wildman–Crippen MR) is 75.1 cm³/mol. The molecule has 1 amide bonds. The second-order valence-electron chi connectivity index (χ2n) is 3.73. The van der Waals surface area contributed by atoms with Crippen molar-refractivity contribution < 1.29 is 4.79 Å². The molecule has 0 aromatic carbocycles. The Morgan fingerprint density at radius 1 is 1.63 bits per heavy atom. The molecule has 0 saturated carbocycles. The molecule has 0 aliphatic heterocycles. The van der Waals surface area contributed by atoms with Crippen LogP contribution in [0.5, 0.6) is 0 Å².